The number of benzene rings is 3. The molecule has 180 valence electrons. The number of rotatable bonds is 9. The van der Waals surface area contributed by atoms with Gasteiger partial charge in [-0.15, -0.1) is 0 Å². The quantitative estimate of drug-likeness (QED) is 0.425. The molecule has 0 saturated heterocycles. The molecule has 0 heterocycles. The monoisotopic (exact) mass is 500 g/mol. The number of sulfonamides is 1. The number of nitrogens with zero attached hydrogens (tertiary/aromatic N) is 1. The van der Waals surface area contributed by atoms with Gasteiger partial charge in [-0.2, -0.15) is 0 Å². The van der Waals surface area contributed by atoms with Crippen molar-refractivity contribution in [3.63, 3.8) is 0 Å². The first-order valence-electron chi connectivity index (χ1n) is 11.0. The minimum Gasteiger partial charge on any atom is -0.494 e. The summed E-state index contributed by atoms with van der Waals surface area (Å²) in [6.45, 7) is 7.60. The van der Waals surface area contributed by atoms with Crippen LogP contribution in [-0.2, 0) is 14.8 Å². The smallest absolute Gasteiger partial charge is 0.264 e. The predicted molar refractivity (Wildman–Crippen MR) is 136 cm³/mol. The van der Waals surface area contributed by atoms with E-state index in [1.165, 1.54) is 0 Å². The Labute approximate surface area is 206 Å². The van der Waals surface area contributed by atoms with Crippen molar-refractivity contribution >= 4 is 33.2 Å². The Balaban J connectivity index is 1.87. The normalized spacial score (nSPS) is 12.1. The van der Waals surface area contributed by atoms with E-state index in [0.29, 0.717) is 22.9 Å². The van der Waals surface area contributed by atoms with Crippen molar-refractivity contribution in [2.45, 2.75) is 38.6 Å². The van der Waals surface area contributed by atoms with E-state index in [-0.39, 0.29) is 17.5 Å². The molecule has 1 amide bonds. The summed E-state index contributed by atoms with van der Waals surface area (Å²) in [6, 6.07) is 18.6. The Morgan fingerprint density at radius 1 is 1.03 bits per heavy atom. The molecule has 1 atom stereocenters. The van der Waals surface area contributed by atoms with Crippen LogP contribution in [-0.4, -0.2) is 27.5 Å². The Kier molecular flexibility index (Phi) is 8.23. The van der Waals surface area contributed by atoms with E-state index in [2.05, 4.69) is 5.32 Å². The summed E-state index contributed by atoms with van der Waals surface area (Å²) >= 11 is 6.09. The molecule has 3 rings (SSSR count). The molecule has 3 aromatic rings. The molecule has 0 spiro atoms. The van der Waals surface area contributed by atoms with Gasteiger partial charge < -0.3 is 10.1 Å². The fourth-order valence-corrected chi connectivity index (χ4v) is 5.27. The van der Waals surface area contributed by atoms with Gasteiger partial charge in [-0.05, 0) is 81.3 Å². The van der Waals surface area contributed by atoms with Crippen LogP contribution in [0.4, 0.5) is 5.69 Å². The van der Waals surface area contributed by atoms with Gasteiger partial charge in [0.25, 0.3) is 10.0 Å². The third kappa shape index (κ3) is 6.10. The predicted octanol–water partition coefficient (Wildman–Crippen LogP) is 5.43. The van der Waals surface area contributed by atoms with E-state index < -0.39 is 15.9 Å². The Bertz CT molecular complexity index is 1240. The van der Waals surface area contributed by atoms with Crippen LogP contribution in [0.15, 0.2) is 71.6 Å². The second-order valence-corrected chi connectivity index (χ2v) is 10.3. The van der Waals surface area contributed by atoms with Gasteiger partial charge in [-0.25, -0.2) is 8.42 Å². The molecule has 0 saturated carbocycles. The zero-order valence-electron chi connectivity index (χ0n) is 19.7. The highest BCUT2D eigenvalue weighted by atomic mass is 35.5. The maximum Gasteiger partial charge on any atom is 0.264 e. The van der Waals surface area contributed by atoms with Crippen molar-refractivity contribution in [1.82, 2.24) is 5.32 Å². The number of aryl methyl sites for hydroxylation is 2. The maximum atomic E-state index is 13.6. The molecule has 1 N–H and O–H groups in total. The fraction of sp³-hybridized carbons (Fsp3) is 0.269. The second kappa shape index (κ2) is 10.9. The van der Waals surface area contributed by atoms with Crippen LogP contribution < -0.4 is 14.4 Å². The maximum absolute atomic E-state index is 13.6. The molecule has 0 fully saturated rings. The van der Waals surface area contributed by atoms with Crippen LogP contribution in [0, 0.1) is 13.8 Å². The Morgan fingerprint density at radius 2 is 1.68 bits per heavy atom. The lowest BCUT2D eigenvalue weighted by Crippen LogP contribution is -2.41. The van der Waals surface area contributed by atoms with Crippen LogP contribution in [0.2, 0.25) is 5.02 Å². The highest BCUT2D eigenvalue weighted by Crippen LogP contribution is 2.29. The summed E-state index contributed by atoms with van der Waals surface area (Å²) in [7, 11) is -4.00. The molecule has 6 nitrogen and oxygen atoms in total. The van der Waals surface area contributed by atoms with Crippen LogP contribution in [0.3, 0.4) is 0 Å². The summed E-state index contributed by atoms with van der Waals surface area (Å²) < 4.78 is 33.7. The number of carbonyl (C=O) groups excluding carboxylic acids is 1. The molecular weight excluding hydrogens is 472 g/mol. The largest absolute Gasteiger partial charge is 0.494 e. The molecular formula is C26H29ClN2O4S. The van der Waals surface area contributed by atoms with E-state index in [0.717, 1.165) is 21.2 Å². The van der Waals surface area contributed by atoms with Crippen molar-refractivity contribution < 1.29 is 17.9 Å². The first-order chi connectivity index (χ1) is 16.1. The molecule has 0 bridgehead atoms. The first kappa shape index (κ1) is 25.6. The zero-order valence-corrected chi connectivity index (χ0v) is 21.3. The third-order valence-electron chi connectivity index (χ3n) is 5.39. The number of carbonyl (C=O) groups is 1. The Morgan fingerprint density at radius 3 is 2.26 bits per heavy atom. The van der Waals surface area contributed by atoms with Gasteiger partial charge in [0.2, 0.25) is 5.91 Å². The zero-order chi connectivity index (χ0) is 24.9. The third-order valence-corrected chi connectivity index (χ3v) is 7.40. The average Bonchev–Trinajstić information content (AvgIpc) is 2.79. The molecule has 0 aromatic heterocycles. The van der Waals surface area contributed by atoms with E-state index in [4.69, 9.17) is 16.3 Å². The topological polar surface area (TPSA) is 75.7 Å². The SMILES string of the molecule is CCOc1ccc([C@@H](C)NC(=O)CN(c2ccc(Cl)cc2C)S(=O)(=O)c2ccc(C)cc2)cc1. The number of halogens is 1. The lowest BCUT2D eigenvalue weighted by Gasteiger charge is -2.26. The number of hydrogen-bond donors (Lipinski definition) is 1. The van der Waals surface area contributed by atoms with E-state index in [1.807, 2.05) is 45.0 Å². The number of ether oxygens (including phenoxy) is 1. The molecule has 0 unspecified atom stereocenters. The van der Waals surface area contributed by atoms with Crippen molar-refractivity contribution in [2.24, 2.45) is 0 Å². The molecule has 3 aromatic carbocycles. The van der Waals surface area contributed by atoms with Gasteiger partial charge in [-0.3, -0.25) is 9.10 Å². The van der Waals surface area contributed by atoms with Crippen molar-refractivity contribution in [1.29, 1.82) is 0 Å². The van der Waals surface area contributed by atoms with Gasteiger partial charge in [-0.1, -0.05) is 41.4 Å². The minimum absolute atomic E-state index is 0.111. The molecule has 8 heteroatoms. The van der Waals surface area contributed by atoms with Crippen LogP contribution in [0.5, 0.6) is 5.75 Å². The minimum atomic E-state index is -4.00. The van der Waals surface area contributed by atoms with Crippen LogP contribution in [0.25, 0.3) is 0 Å². The van der Waals surface area contributed by atoms with Gasteiger partial charge >= 0.3 is 0 Å². The number of amides is 1. The Hall–Kier alpha value is -3.03. The summed E-state index contributed by atoms with van der Waals surface area (Å²) in [5.74, 6) is 0.324. The fourth-order valence-electron chi connectivity index (χ4n) is 3.56. The highest BCUT2D eigenvalue weighted by molar-refractivity contribution is 7.92. The van der Waals surface area contributed by atoms with Gasteiger partial charge in [0, 0.05) is 5.02 Å². The first-order valence-corrected chi connectivity index (χ1v) is 12.8. The van der Waals surface area contributed by atoms with Crippen LogP contribution >= 0.6 is 11.6 Å². The molecule has 0 aliphatic rings. The van der Waals surface area contributed by atoms with Crippen molar-refractivity contribution in [3.05, 3.63) is 88.4 Å². The average molecular weight is 501 g/mol. The molecule has 0 aliphatic heterocycles. The van der Waals surface area contributed by atoms with E-state index in [1.54, 1.807) is 49.4 Å². The van der Waals surface area contributed by atoms with Crippen molar-refractivity contribution in [2.75, 3.05) is 17.5 Å². The van der Waals surface area contributed by atoms with Gasteiger partial charge in [0.05, 0.1) is 23.2 Å². The van der Waals surface area contributed by atoms with E-state index >= 15 is 0 Å². The lowest BCUT2D eigenvalue weighted by molar-refractivity contribution is -0.120. The summed E-state index contributed by atoms with van der Waals surface area (Å²) in [4.78, 5) is 13.1. The molecule has 34 heavy (non-hydrogen) atoms. The van der Waals surface area contributed by atoms with E-state index in [9.17, 15) is 13.2 Å². The van der Waals surface area contributed by atoms with Gasteiger partial charge in [0.15, 0.2) is 0 Å². The van der Waals surface area contributed by atoms with Gasteiger partial charge in [0.1, 0.15) is 12.3 Å². The summed E-state index contributed by atoms with van der Waals surface area (Å²) in [6.07, 6.45) is 0. The lowest BCUT2D eigenvalue weighted by atomic mass is 10.1. The standard InChI is InChI=1S/C26H29ClN2O4S/c1-5-33-23-11-8-21(9-12-23)20(4)28-26(30)17-29(25-15-10-22(27)16-19(25)3)34(31,32)24-13-6-18(2)7-14-24/h6-16,20H,5,17H2,1-4H3,(H,28,30)/t20-/m1/s1. The molecule has 0 radical (unpaired) electrons. The number of anilines is 1. The van der Waals surface area contributed by atoms with Crippen molar-refractivity contribution in [3.8, 4) is 5.75 Å². The summed E-state index contributed by atoms with van der Waals surface area (Å²) in [5.41, 5.74) is 2.87. The number of nitrogens with one attached hydrogen (secondary N) is 1. The molecule has 0 aliphatic carbocycles. The van der Waals surface area contributed by atoms with Crippen LogP contribution in [0.1, 0.15) is 36.6 Å². The highest BCUT2D eigenvalue weighted by Gasteiger charge is 2.28. The summed E-state index contributed by atoms with van der Waals surface area (Å²) in [5, 5.41) is 3.39. The second-order valence-electron chi connectivity index (χ2n) is 8.05. The number of hydrogen-bond acceptors (Lipinski definition) is 4.